The van der Waals surface area contributed by atoms with E-state index < -0.39 is 0 Å². The van der Waals surface area contributed by atoms with Crippen molar-refractivity contribution in [2.75, 3.05) is 7.11 Å². The summed E-state index contributed by atoms with van der Waals surface area (Å²) in [6.45, 7) is 0. The quantitative estimate of drug-likeness (QED) is 0.814. The topological polar surface area (TPSA) is 39.2 Å². The van der Waals surface area contributed by atoms with E-state index in [2.05, 4.69) is 20.9 Å². The minimum absolute atomic E-state index is 0.0614. The molecule has 0 fully saturated rings. The Balaban J connectivity index is 2.21. The van der Waals surface area contributed by atoms with E-state index in [4.69, 9.17) is 4.74 Å². The monoisotopic (exact) mass is 305 g/mol. The highest BCUT2D eigenvalue weighted by Gasteiger charge is 2.10. The fraction of sp³-hybridized carbons (Fsp3) is 0.143. The largest absolute Gasteiger partial charge is 0.497 e. The van der Waals surface area contributed by atoms with Crippen molar-refractivity contribution in [1.29, 1.82) is 0 Å². The zero-order valence-electron chi connectivity index (χ0n) is 9.89. The van der Waals surface area contributed by atoms with Crippen LogP contribution in [-0.2, 0) is 6.42 Å². The zero-order valence-corrected chi connectivity index (χ0v) is 11.5. The number of ether oxygens (including phenoxy) is 1. The fourth-order valence-electron chi connectivity index (χ4n) is 1.63. The number of rotatable bonds is 4. The SMILES string of the molecule is COc1ccc(Br)c(CC(=O)c2ccncc2)c1. The standard InChI is InChI=1S/C14H12BrNO2/c1-18-12-2-3-13(15)11(8-12)9-14(17)10-4-6-16-7-5-10/h2-8H,9H2,1H3. The molecule has 0 radical (unpaired) electrons. The highest BCUT2D eigenvalue weighted by atomic mass is 79.9. The number of halogens is 1. The van der Waals surface area contributed by atoms with Crippen LogP contribution in [0.1, 0.15) is 15.9 Å². The summed E-state index contributed by atoms with van der Waals surface area (Å²) >= 11 is 3.44. The summed E-state index contributed by atoms with van der Waals surface area (Å²) in [5.41, 5.74) is 1.58. The first kappa shape index (κ1) is 12.8. The Bertz CT molecular complexity index is 555. The van der Waals surface area contributed by atoms with Crippen LogP contribution >= 0.6 is 15.9 Å². The highest BCUT2D eigenvalue weighted by molar-refractivity contribution is 9.10. The van der Waals surface area contributed by atoms with E-state index in [9.17, 15) is 4.79 Å². The van der Waals surface area contributed by atoms with Crippen molar-refractivity contribution in [2.45, 2.75) is 6.42 Å². The lowest BCUT2D eigenvalue weighted by molar-refractivity contribution is 0.0992. The summed E-state index contributed by atoms with van der Waals surface area (Å²) in [6.07, 6.45) is 3.57. The minimum Gasteiger partial charge on any atom is -0.497 e. The molecule has 0 saturated carbocycles. The van der Waals surface area contributed by atoms with E-state index in [1.165, 1.54) is 0 Å². The molecule has 0 bridgehead atoms. The number of carbonyl (C=O) groups is 1. The molecule has 2 aromatic rings. The first-order valence-electron chi connectivity index (χ1n) is 5.46. The molecule has 0 spiro atoms. The molecular weight excluding hydrogens is 294 g/mol. The van der Waals surface area contributed by atoms with Crippen LogP contribution in [0.5, 0.6) is 5.75 Å². The third kappa shape index (κ3) is 2.96. The Kier molecular flexibility index (Phi) is 4.10. The van der Waals surface area contributed by atoms with Crippen LogP contribution in [0, 0.1) is 0 Å². The van der Waals surface area contributed by atoms with Crippen LogP contribution in [0.25, 0.3) is 0 Å². The number of Topliss-reactive ketones (excluding diaryl/α,β-unsaturated/α-hetero) is 1. The molecule has 0 aliphatic heterocycles. The second-order valence-electron chi connectivity index (χ2n) is 3.79. The smallest absolute Gasteiger partial charge is 0.167 e. The molecule has 2 rings (SSSR count). The van der Waals surface area contributed by atoms with E-state index in [1.807, 2.05) is 18.2 Å². The average molecular weight is 306 g/mol. The molecule has 1 heterocycles. The molecule has 0 unspecified atom stereocenters. The van der Waals surface area contributed by atoms with E-state index >= 15 is 0 Å². The number of hydrogen-bond acceptors (Lipinski definition) is 3. The molecule has 18 heavy (non-hydrogen) atoms. The summed E-state index contributed by atoms with van der Waals surface area (Å²) in [5, 5.41) is 0. The molecule has 0 N–H and O–H groups in total. The van der Waals surface area contributed by atoms with Crippen LogP contribution in [0.3, 0.4) is 0 Å². The lowest BCUT2D eigenvalue weighted by Crippen LogP contribution is -2.04. The third-order valence-electron chi connectivity index (χ3n) is 2.61. The number of hydrogen-bond donors (Lipinski definition) is 0. The first-order valence-corrected chi connectivity index (χ1v) is 6.25. The Morgan fingerprint density at radius 2 is 2.00 bits per heavy atom. The summed E-state index contributed by atoms with van der Waals surface area (Å²) in [6, 6.07) is 9.04. The van der Waals surface area contributed by atoms with Gasteiger partial charge >= 0.3 is 0 Å². The molecule has 0 aliphatic carbocycles. The van der Waals surface area contributed by atoms with Crippen molar-refractivity contribution in [3.05, 3.63) is 58.3 Å². The number of carbonyl (C=O) groups excluding carboxylic acids is 1. The molecule has 0 saturated heterocycles. The molecular formula is C14H12BrNO2. The van der Waals surface area contributed by atoms with Gasteiger partial charge in [-0.1, -0.05) is 15.9 Å². The van der Waals surface area contributed by atoms with Gasteiger partial charge in [0.1, 0.15) is 5.75 Å². The fourth-order valence-corrected chi connectivity index (χ4v) is 2.01. The van der Waals surface area contributed by atoms with Crippen LogP contribution < -0.4 is 4.74 Å². The molecule has 0 atom stereocenters. The Morgan fingerprint density at radius 1 is 1.28 bits per heavy atom. The molecule has 1 aromatic heterocycles. The number of aromatic nitrogens is 1. The average Bonchev–Trinajstić information content (AvgIpc) is 2.42. The van der Waals surface area contributed by atoms with Gasteiger partial charge in [-0.2, -0.15) is 0 Å². The van der Waals surface area contributed by atoms with Gasteiger partial charge < -0.3 is 4.74 Å². The summed E-state index contributed by atoms with van der Waals surface area (Å²) < 4.78 is 6.06. The lowest BCUT2D eigenvalue weighted by atomic mass is 10.0. The van der Waals surface area contributed by atoms with Crippen molar-refractivity contribution < 1.29 is 9.53 Å². The Morgan fingerprint density at radius 3 is 2.67 bits per heavy atom. The predicted molar refractivity (Wildman–Crippen MR) is 73.0 cm³/mol. The van der Waals surface area contributed by atoms with Gasteiger partial charge in [0.05, 0.1) is 7.11 Å². The van der Waals surface area contributed by atoms with E-state index in [-0.39, 0.29) is 5.78 Å². The maximum absolute atomic E-state index is 12.1. The molecule has 4 heteroatoms. The van der Waals surface area contributed by atoms with Crippen LogP contribution in [-0.4, -0.2) is 17.9 Å². The number of pyridine rings is 1. The normalized spacial score (nSPS) is 10.1. The van der Waals surface area contributed by atoms with Gasteiger partial charge in [0.25, 0.3) is 0 Å². The van der Waals surface area contributed by atoms with E-state index in [1.54, 1.807) is 31.6 Å². The van der Waals surface area contributed by atoms with Crippen molar-refractivity contribution in [3.8, 4) is 5.75 Å². The molecule has 3 nitrogen and oxygen atoms in total. The summed E-state index contributed by atoms with van der Waals surface area (Å²) in [5.74, 6) is 0.807. The molecule has 92 valence electrons. The van der Waals surface area contributed by atoms with Gasteiger partial charge in [0.15, 0.2) is 5.78 Å². The summed E-state index contributed by atoms with van der Waals surface area (Å²) in [7, 11) is 1.61. The zero-order chi connectivity index (χ0) is 13.0. The number of nitrogens with zero attached hydrogens (tertiary/aromatic N) is 1. The van der Waals surface area contributed by atoms with Gasteiger partial charge in [-0.3, -0.25) is 9.78 Å². The van der Waals surface area contributed by atoms with Gasteiger partial charge in [0, 0.05) is 28.9 Å². The second kappa shape index (κ2) is 5.78. The number of benzene rings is 1. The minimum atomic E-state index is 0.0614. The van der Waals surface area contributed by atoms with Gasteiger partial charge in [-0.15, -0.1) is 0 Å². The molecule has 1 aromatic carbocycles. The maximum atomic E-state index is 12.1. The Labute approximate surface area is 114 Å². The van der Waals surface area contributed by atoms with E-state index in [0.29, 0.717) is 12.0 Å². The molecule has 0 amide bonds. The lowest BCUT2D eigenvalue weighted by Gasteiger charge is -2.06. The first-order chi connectivity index (χ1) is 8.70. The van der Waals surface area contributed by atoms with Crippen molar-refractivity contribution >= 4 is 21.7 Å². The highest BCUT2D eigenvalue weighted by Crippen LogP contribution is 2.23. The molecule has 0 aliphatic rings. The van der Waals surface area contributed by atoms with Gasteiger partial charge in [0.2, 0.25) is 0 Å². The predicted octanol–water partition coefficient (Wildman–Crippen LogP) is 3.28. The van der Waals surface area contributed by atoms with Gasteiger partial charge in [-0.05, 0) is 35.9 Å². The van der Waals surface area contributed by atoms with Crippen molar-refractivity contribution in [2.24, 2.45) is 0 Å². The number of ketones is 1. The summed E-state index contributed by atoms with van der Waals surface area (Å²) in [4.78, 5) is 16.0. The maximum Gasteiger partial charge on any atom is 0.167 e. The van der Waals surface area contributed by atoms with Gasteiger partial charge in [-0.25, -0.2) is 0 Å². The van der Waals surface area contributed by atoms with Crippen LogP contribution in [0.15, 0.2) is 47.2 Å². The van der Waals surface area contributed by atoms with Crippen molar-refractivity contribution in [3.63, 3.8) is 0 Å². The van der Waals surface area contributed by atoms with Crippen LogP contribution in [0.2, 0.25) is 0 Å². The second-order valence-corrected chi connectivity index (χ2v) is 4.65. The number of methoxy groups -OCH3 is 1. The van der Waals surface area contributed by atoms with Crippen molar-refractivity contribution in [1.82, 2.24) is 4.98 Å². The third-order valence-corrected chi connectivity index (χ3v) is 3.38. The van der Waals surface area contributed by atoms with E-state index in [0.717, 1.165) is 15.8 Å². The Hall–Kier alpha value is -1.68. The van der Waals surface area contributed by atoms with Crippen LogP contribution in [0.4, 0.5) is 0 Å².